The molecule has 4 heteroatoms. The standard InChI is InChI=1S/C11H16BrNOS/c1-8(6-14)7-15-11-3-2-10(12)4-9(11)5-13/h2-4,8,14H,5-7,13H2,1H3. The Hall–Kier alpha value is -0.0300. The van der Waals surface area contributed by atoms with Crippen LogP contribution in [-0.4, -0.2) is 17.5 Å². The summed E-state index contributed by atoms with van der Waals surface area (Å²) in [5, 5.41) is 8.94. The van der Waals surface area contributed by atoms with Gasteiger partial charge in [0, 0.05) is 28.3 Å². The van der Waals surface area contributed by atoms with Gasteiger partial charge in [-0.2, -0.15) is 0 Å². The summed E-state index contributed by atoms with van der Waals surface area (Å²) in [6, 6.07) is 6.14. The van der Waals surface area contributed by atoms with Crippen molar-refractivity contribution in [3.05, 3.63) is 28.2 Å². The second-order valence-electron chi connectivity index (χ2n) is 3.55. The molecule has 0 fully saturated rings. The lowest BCUT2D eigenvalue weighted by Gasteiger charge is -2.10. The van der Waals surface area contributed by atoms with Crippen LogP contribution in [-0.2, 0) is 6.54 Å². The van der Waals surface area contributed by atoms with Crippen molar-refractivity contribution in [1.82, 2.24) is 0 Å². The highest BCUT2D eigenvalue weighted by Gasteiger charge is 2.05. The molecule has 1 aromatic rings. The van der Waals surface area contributed by atoms with Crippen LogP contribution in [0.5, 0.6) is 0 Å². The highest BCUT2D eigenvalue weighted by atomic mass is 79.9. The molecule has 0 bridgehead atoms. The highest BCUT2D eigenvalue weighted by Crippen LogP contribution is 2.27. The molecule has 0 radical (unpaired) electrons. The molecule has 2 nitrogen and oxygen atoms in total. The molecule has 1 atom stereocenters. The lowest BCUT2D eigenvalue weighted by atomic mass is 10.2. The second-order valence-corrected chi connectivity index (χ2v) is 5.53. The predicted molar refractivity (Wildman–Crippen MR) is 69.0 cm³/mol. The molecule has 0 saturated heterocycles. The van der Waals surface area contributed by atoms with E-state index in [1.54, 1.807) is 11.8 Å². The first-order valence-corrected chi connectivity index (χ1v) is 6.67. The Morgan fingerprint density at radius 1 is 1.53 bits per heavy atom. The van der Waals surface area contributed by atoms with E-state index in [9.17, 15) is 0 Å². The van der Waals surface area contributed by atoms with Crippen LogP contribution < -0.4 is 5.73 Å². The number of aliphatic hydroxyl groups excluding tert-OH is 1. The summed E-state index contributed by atoms with van der Waals surface area (Å²) in [7, 11) is 0. The molecule has 0 aliphatic heterocycles. The lowest BCUT2D eigenvalue weighted by Crippen LogP contribution is -2.04. The minimum Gasteiger partial charge on any atom is -0.396 e. The zero-order valence-corrected chi connectivity index (χ0v) is 11.1. The Kier molecular flexibility index (Phi) is 5.68. The van der Waals surface area contributed by atoms with E-state index in [1.807, 2.05) is 19.1 Å². The van der Waals surface area contributed by atoms with E-state index in [0.717, 1.165) is 15.8 Å². The first kappa shape index (κ1) is 13.0. The van der Waals surface area contributed by atoms with E-state index < -0.39 is 0 Å². The van der Waals surface area contributed by atoms with Crippen LogP contribution in [0, 0.1) is 5.92 Å². The van der Waals surface area contributed by atoms with E-state index in [4.69, 9.17) is 10.8 Å². The van der Waals surface area contributed by atoms with Crippen molar-refractivity contribution in [3.63, 3.8) is 0 Å². The van der Waals surface area contributed by atoms with E-state index in [2.05, 4.69) is 22.0 Å². The summed E-state index contributed by atoms with van der Waals surface area (Å²) in [5.74, 6) is 1.25. The zero-order valence-electron chi connectivity index (χ0n) is 8.74. The molecule has 0 aliphatic rings. The normalized spacial score (nSPS) is 12.8. The summed E-state index contributed by atoms with van der Waals surface area (Å²) in [6.45, 7) is 2.82. The molecule has 0 aromatic heterocycles. The van der Waals surface area contributed by atoms with Crippen molar-refractivity contribution >= 4 is 27.7 Å². The topological polar surface area (TPSA) is 46.2 Å². The van der Waals surface area contributed by atoms with E-state index in [0.29, 0.717) is 12.5 Å². The zero-order chi connectivity index (χ0) is 11.3. The third-order valence-electron chi connectivity index (χ3n) is 2.08. The minimum atomic E-state index is 0.238. The SMILES string of the molecule is CC(CO)CSc1ccc(Br)cc1CN. The van der Waals surface area contributed by atoms with Crippen LogP contribution in [0.1, 0.15) is 12.5 Å². The van der Waals surface area contributed by atoms with Gasteiger partial charge in [-0.1, -0.05) is 22.9 Å². The number of thioether (sulfide) groups is 1. The third kappa shape index (κ3) is 4.15. The van der Waals surface area contributed by atoms with Crippen LogP contribution in [0.15, 0.2) is 27.6 Å². The Bertz CT molecular complexity index is 319. The molecule has 3 N–H and O–H groups in total. The second kappa shape index (κ2) is 6.53. The average molecular weight is 290 g/mol. The first-order chi connectivity index (χ1) is 7.17. The van der Waals surface area contributed by atoms with Crippen molar-refractivity contribution in [2.45, 2.75) is 18.4 Å². The molecule has 15 heavy (non-hydrogen) atoms. The van der Waals surface area contributed by atoms with Crippen LogP contribution >= 0.6 is 27.7 Å². The Morgan fingerprint density at radius 2 is 2.27 bits per heavy atom. The molecule has 1 aromatic carbocycles. The molecule has 0 saturated carbocycles. The smallest absolute Gasteiger partial charge is 0.0464 e. The molecular weight excluding hydrogens is 274 g/mol. The molecule has 1 rings (SSSR count). The average Bonchev–Trinajstić information content (AvgIpc) is 2.26. The van der Waals surface area contributed by atoms with E-state index in [1.165, 1.54) is 4.90 Å². The van der Waals surface area contributed by atoms with Gasteiger partial charge in [-0.05, 0) is 29.7 Å². The van der Waals surface area contributed by atoms with Gasteiger partial charge in [0.15, 0.2) is 0 Å². The fourth-order valence-corrected chi connectivity index (χ4v) is 2.60. The summed E-state index contributed by atoms with van der Waals surface area (Å²) >= 11 is 5.18. The number of hydrogen-bond acceptors (Lipinski definition) is 3. The van der Waals surface area contributed by atoms with Crippen LogP contribution in [0.2, 0.25) is 0 Å². The van der Waals surface area contributed by atoms with Crippen molar-refractivity contribution < 1.29 is 5.11 Å². The van der Waals surface area contributed by atoms with E-state index >= 15 is 0 Å². The Labute approximate surface area is 103 Å². The minimum absolute atomic E-state index is 0.238. The molecule has 0 amide bonds. The maximum absolute atomic E-state index is 8.94. The third-order valence-corrected chi connectivity index (χ3v) is 4.02. The fraction of sp³-hybridized carbons (Fsp3) is 0.455. The van der Waals surface area contributed by atoms with Crippen molar-refractivity contribution in [1.29, 1.82) is 0 Å². The summed E-state index contributed by atoms with van der Waals surface area (Å²) in [5.41, 5.74) is 6.83. The number of halogens is 1. The summed E-state index contributed by atoms with van der Waals surface area (Å²) < 4.78 is 1.06. The van der Waals surface area contributed by atoms with Crippen LogP contribution in [0.25, 0.3) is 0 Å². The molecule has 0 aliphatic carbocycles. The maximum atomic E-state index is 8.94. The van der Waals surface area contributed by atoms with Gasteiger partial charge >= 0.3 is 0 Å². The lowest BCUT2D eigenvalue weighted by molar-refractivity contribution is 0.250. The van der Waals surface area contributed by atoms with Gasteiger partial charge in [0.1, 0.15) is 0 Å². The van der Waals surface area contributed by atoms with Gasteiger partial charge in [0.2, 0.25) is 0 Å². The Morgan fingerprint density at radius 3 is 2.87 bits per heavy atom. The first-order valence-electron chi connectivity index (χ1n) is 4.89. The number of aliphatic hydroxyl groups is 1. The van der Waals surface area contributed by atoms with Gasteiger partial charge in [-0.25, -0.2) is 0 Å². The number of nitrogens with two attached hydrogens (primary N) is 1. The van der Waals surface area contributed by atoms with Crippen LogP contribution in [0.3, 0.4) is 0 Å². The fourth-order valence-electron chi connectivity index (χ4n) is 1.13. The summed E-state index contributed by atoms with van der Waals surface area (Å²) in [4.78, 5) is 1.21. The number of rotatable bonds is 5. The predicted octanol–water partition coefficient (Wildman–Crippen LogP) is 2.63. The number of hydrogen-bond donors (Lipinski definition) is 2. The van der Waals surface area contributed by atoms with Crippen molar-refractivity contribution in [2.75, 3.05) is 12.4 Å². The maximum Gasteiger partial charge on any atom is 0.0464 e. The van der Waals surface area contributed by atoms with Crippen LogP contribution in [0.4, 0.5) is 0 Å². The van der Waals surface area contributed by atoms with Gasteiger partial charge in [-0.3, -0.25) is 0 Å². The Balaban J connectivity index is 2.67. The van der Waals surface area contributed by atoms with Crippen molar-refractivity contribution in [3.8, 4) is 0 Å². The molecular formula is C11H16BrNOS. The highest BCUT2D eigenvalue weighted by molar-refractivity contribution is 9.10. The quantitative estimate of drug-likeness (QED) is 0.819. The van der Waals surface area contributed by atoms with E-state index in [-0.39, 0.29) is 6.61 Å². The van der Waals surface area contributed by atoms with Gasteiger partial charge in [0.25, 0.3) is 0 Å². The molecule has 0 heterocycles. The van der Waals surface area contributed by atoms with Gasteiger partial charge in [-0.15, -0.1) is 11.8 Å². The van der Waals surface area contributed by atoms with Gasteiger partial charge < -0.3 is 10.8 Å². The number of benzene rings is 1. The van der Waals surface area contributed by atoms with Gasteiger partial charge in [0.05, 0.1) is 0 Å². The molecule has 0 spiro atoms. The van der Waals surface area contributed by atoms with Crippen molar-refractivity contribution in [2.24, 2.45) is 11.7 Å². The monoisotopic (exact) mass is 289 g/mol. The summed E-state index contributed by atoms with van der Waals surface area (Å²) in [6.07, 6.45) is 0. The molecule has 84 valence electrons. The molecule has 1 unspecified atom stereocenters. The largest absolute Gasteiger partial charge is 0.396 e.